The molecule has 0 aliphatic heterocycles. The predicted molar refractivity (Wildman–Crippen MR) is 61.9 cm³/mol. The first-order valence-electron chi connectivity index (χ1n) is 4.71. The first-order chi connectivity index (χ1) is 7.82. The van der Waals surface area contributed by atoms with Crippen molar-refractivity contribution in [1.82, 2.24) is 0 Å². The third-order valence-electron chi connectivity index (χ3n) is 2.55. The van der Waals surface area contributed by atoms with E-state index in [1.54, 1.807) is 6.92 Å². The summed E-state index contributed by atoms with van der Waals surface area (Å²) in [5.74, 6) is 0. The summed E-state index contributed by atoms with van der Waals surface area (Å²) in [6, 6.07) is 3.95. The van der Waals surface area contributed by atoms with E-state index in [4.69, 9.17) is 10.3 Å². The molecule has 2 aromatic rings. The molecular formula is C10H10N2O4S. The number of rotatable bonds is 1. The van der Waals surface area contributed by atoms with Crippen molar-refractivity contribution in [1.29, 1.82) is 0 Å². The van der Waals surface area contributed by atoms with Crippen LogP contribution in [0.3, 0.4) is 0 Å². The summed E-state index contributed by atoms with van der Waals surface area (Å²) >= 11 is 0. The van der Waals surface area contributed by atoms with Crippen molar-refractivity contribution in [3.8, 4) is 0 Å². The highest BCUT2D eigenvalue weighted by Gasteiger charge is 2.19. The lowest BCUT2D eigenvalue weighted by atomic mass is 10.1. The van der Waals surface area contributed by atoms with Gasteiger partial charge in [0.05, 0.1) is 11.1 Å². The fraction of sp³-hybridized carbons (Fsp3) is 0.100. The van der Waals surface area contributed by atoms with Gasteiger partial charge in [-0.2, -0.15) is 13.1 Å². The third-order valence-corrected chi connectivity index (χ3v) is 3.46. The summed E-state index contributed by atoms with van der Waals surface area (Å²) < 4.78 is 31.8. The zero-order valence-electron chi connectivity index (χ0n) is 8.91. The molecule has 0 aliphatic carbocycles. The van der Waals surface area contributed by atoms with E-state index >= 15 is 0 Å². The molecule has 0 atom stereocenters. The minimum absolute atomic E-state index is 0.118. The van der Waals surface area contributed by atoms with Gasteiger partial charge in [0.2, 0.25) is 5.52 Å². The summed E-state index contributed by atoms with van der Waals surface area (Å²) in [6.07, 6.45) is 1.31. The van der Waals surface area contributed by atoms with Gasteiger partial charge in [0.25, 0.3) is 10.1 Å². The van der Waals surface area contributed by atoms with E-state index in [1.165, 1.54) is 18.3 Å². The molecule has 2 rings (SSSR count). The van der Waals surface area contributed by atoms with Crippen LogP contribution >= 0.6 is 0 Å². The van der Waals surface area contributed by atoms with Crippen molar-refractivity contribution in [2.24, 2.45) is 0 Å². The number of pyridine rings is 1. The van der Waals surface area contributed by atoms with Gasteiger partial charge < -0.3 is 10.9 Å². The van der Waals surface area contributed by atoms with Gasteiger partial charge in [0.1, 0.15) is 4.90 Å². The molecule has 1 aromatic heterocycles. The number of hydrogen-bond donors (Lipinski definition) is 2. The smallest absolute Gasteiger partial charge is 0.296 e. The van der Waals surface area contributed by atoms with E-state index in [-0.39, 0.29) is 16.1 Å². The largest absolute Gasteiger partial charge is 0.618 e. The van der Waals surface area contributed by atoms with Crippen LogP contribution in [0.4, 0.5) is 5.69 Å². The summed E-state index contributed by atoms with van der Waals surface area (Å²) in [7, 11) is -4.39. The quantitative estimate of drug-likeness (QED) is 0.335. The van der Waals surface area contributed by atoms with Gasteiger partial charge in [-0.25, -0.2) is 0 Å². The molecular weight excluding hydrogens is 244 g/mol. The lowest BCUT2D eigenvalue weighted by Crippen LogP contribution is -2.26. The van der Waals surface area contributed by atoms with Crippen LogP contribution in [0.1, 0.15) is 5.56 Å². The Balaban J connectivity index is 2.99. The minimum Gasteiger partial charge on any atom is -0.618 e. The fourth-order valence-electron chi connectivity index (χ4n) is 1.76. The van der Waals surface area contributed by atoms with Crippen LogP contribution in [0.25, 0.3) is 10.9 Å². The van der Waals surface area contributed by atoms with Crippen molar-refractivity contribution in [2.75, 3.05) is 5.73 Å². The maximum atomic E-state index is 11.5. The van der Waals surface area contributed by atoms with Gasteiger partial charge in [-0.1, -0.05) is 0 Å². The summed E-state index contributed by atoms with van der Waals surface area (Å²) in [4.78, 5) is -0.390. The Labute approximate surface area is 97.6 Å². The third kappa shape index (κ3) is 1.79. The molecule has 90 valence electrons. The van der Waals surface area contributed by atoms with Gasteiger partial charge in [-0.15, -0.1) is 0 Å². The van der Waals surface area contributed by atoms with Crippen LogP contribution in [0.5, 0.6) is 0 Å². The highest BCUT2D eigenvalue weighted by atomic mass is 32.2. The molecule has 1 aromatic carbocycles. The Bertz CT molecular complexity index is 710. The number of aryl methyl sites for hydroxylation is 1. The highest BCUT2D eigenvalue weighted by molar-refractivity contribution is 7.86. The maximum Gasteiger partial charge on any atom is 0.296 e. The molecule has 0 saturated carbocycles. The Morgan fingerprint density at radius 2 is 2.00 bits per heavy atom. The second-order valence-corrected chi connectivity index (χ2v) is 5.06. The van der Waals surface area contributed by atoms with Crippen LogP contribution in [0.15, 0.2) is 29.3 Å². The Morgan fingerprint density at radius 3 is 2.59 bits per heavy atom. The lowest BCUT2D eigenvalue weighted by molar-refractivity contribution is -0.577. The first-order valence-corrected chi connectivity index (χ1v) is 6.15. The van der Waals surface area contributed by atoms with Gasteiger partial charge in [-0.05, 0) is 18.6 Å². The number of benzene rings is 1. The molecule has 7 heteroatoms. The lowest BCUT2D eigenvalue weighted by Gasteiger charge is -2.09. The molecule has 3 N–H and O–H groups in total. The molecule has 0 fully saturated rings. The summed E-state index contributed by atoms with van der Waals surface area (Å²) in [5, 5.41) is 11.8. The zero-order valence-corrected chi connectivity index (χ0v) is 9.73. The molecule has 0 radical (unpaired) electrons. The van der Waals surface area contributed by atoms with Gasteiger partial charge in [0.15, 0.2) is 6.20 Å². The molecule has 1 heterocycles. The number of nitrogens with zero attached hydrogens (tertiary/aromatic N) is 1. The van der Waals surface area contributed by atoms with Crippen LogP contribution in [0, 0.1) is 12.1 Å². The number of aromatic nitrogens is 1. The normalized spacial score (nSPS) is 11.9. The Morgan fingerprint density at radius 1 is 1.35 bits per heavy atom. The number of fused-ring (bicyclic) bond motifs is 1. The SMILES string of the molecule is Cc1cc[n+]([O-])c2ccc(S(=O)(=O)O)c(N)c12. The number of anilines is 1. The predicted octanol–water partition coefficient (Wildman–Crippen LogP) is 0.611. The van der Waals surface area contributed by atoms with E-state index < -0.39 is 10.1 Å². The molecule has 0 aliphatic rings. The monoisotopic (exact) mass is 254 g/mol. The summed E-state index contributed by atoms with van der Waals surface area (Å²) in [6.45, 7) is 1.70. The van der Waals surface area contributed by atoms with E-state index in [0.29, 0.717) is 15.7 Å². The van der Waals surface area contributed by atoms with Gasteiger partial charge in [0, 0.05) is 12.1 Å². The molecule has 6 nitrogen and oxygen atoms in total. The molecule has 0 amide bonds. The second-order valence-electron chi connectivity index (χ2n) is 3.67. The molecule has 0 saturated heterocycles. The average Bonchev–Trinajstić information content (AvgIpc) is 2.21. The van der Waals surface area contributed by atoms with Gasteiger partial charge >= 0.3 is 0 Å². The maximum absolute atomic E-state index is 11.5. The number of nitrogen functional groups attached to an aromatic ring is 1. The van der Waals surface area contributed by atoms with Crippen molar-refractivity contribution in [3.63, 3.8) is 0 Å². The van der Waals surface area contributed by atoms with Crippen molar-refractivity contribution in [3.05, 3.63) is 35.2 Å². The molecule has 0 spiro atoms. The van der Waals surface area contributed by atoms with Crippen LogP contribution in [-0.4, -0.2) is 13.0 Å². The van der Waals surface area contributed by atoms with E-state index in [1.807, 2.05) is 0 Å². The topological polar surface area (TPSA) is 107 Å². The Kier molecular flexibility index (Phi) is 2.44. The average molecular weight is 254 g/mol. The second kappa shape index (κ2) is 3.57. The van der Waals surface area contributed by atoms with Gasteiger partial charge in [-0.3, -0.25) is 4.55 Å². The first kappa shape index (κ1) is 11.6. The van der Waals surface area contributed by atoms with Crippen LogP contribution in [-0.2, 0) is 10.1 Å². The van der Waals surface area contributed by atoms with E-state index in [0.717, 1.165) is 6.07 Å². The van der Waals surface area contributed by atoms with Crippen LogP contribution < -0.4 is 10.5 Å². The van der Waals surface area contributed by atoms with E-state index in [2.05, 4.69) is 0 Å². The zero-order chi connectivity index (χ0) is 12.8. The Hall–Kier alpha value is -1.86. The van der Waals surface area contributed by atoms with Crippen molar-refractivity contribution >= 4 is 26.7 Å². The van der Waals surface area contributed by atoms with Crippen LogP contribution in [0.2, 0.25) is 0 Å². The molecule has 0 unspecified atom stereocenters. The number of nitrogens with two attached hydrogens (primary N) is 1. The highest BCUT2D eigenvalue weighted by Crippen LogP contribution is 2.28. The molecule has 17 heavy (non-hydrogen) atoms. The van der Waals surface area contributed by atoms with E-state index in [9.17, 15) is 13.6 Å². The fourth-order valence-corrected chi connectivity index (χ4v) is 2.38. The van der Waals surface area contributed by atoms with Crippen molar-refractivity contribution in [2.45, 2.75) is 11.8 Å². The van der Waals surface area contributed by atoms with Crippen molar-refractivity contribution < 1.29 is 17.7 Å². The standard InChI is InChI=1S/C10H10N2O4S/c1-6-4-5-12(13)7-2-3-8(17(14,15)16)10(11)9(6)7/h2-5H,11H2,1H3,(H,14,15,16). The number of hydrogen-bond acceptors (Lipinski definition) is 4. The minimum atomic E-state index is -4.39. The summed E-state index contributed by atoms with van der Waals surface area (Å²) in [5.41, 5.74) is 6.49. The molecule has 0 bridgehead atoms.